The van der Waals surface area contributed by atoms with Gasteiger partial charge in [-0.05, 0) is 49.2 Å². The number of fused-ring (bicyclic) bond motifs is 1. The van der Waals surface area contributed by atoms with Crippen LogP contribution in [0.5, 0.6) is 23.0 Å². The highest BCUT2D eigenvalue weighted by Crippen LogP contribution is 2.45. The number of unbranched alkanes of at least 4 members (excludes halogenated alkanes) is 2. The summed E-state index contributed by atoms with van der Waals surface area (Å²) in [5.74, 6) is 0.831. The van der Waals surface area contributed by atoms with E-state index >= 15 is 0 Å². The van der Waals surface area contributed by atoms with Crippen molar-refractivity contribution in [2.75, 3.05) is 13.2 Å². The van der Waals surface area contributed by atoms with E-state index in [1.54, 1.807) is 24.3 Å². The molecule has 3 aromatic rings. The summed E-state index contributed by atoms with van der Waals surface area (Å²) in [6.07, 6.45) is 4.56. The molecule has 2 N–H and O–H groups in total. The number of furan rings is 1. The van der Waals surface area contributed by atoms with E-state index in [4.69, 9.17) is 29.1 Å². The molecule has 8 heteroatoms. The van der Waals surface area contributed by atoms with Gasteiger partial charge in [0.1, 0.15) is 23.1 Å². The Kier molecular flexibility index (Phi) is 7.81. The topological polar surface area (TPSA) is 117 Å². The zero-order valence-corrected chi connectivity index (χ0v) is 20.3. The van der Waals surface area contributed by atoms with Gasteiger partial charge in [0.25, 0.3) is 0 Å². The van der Waals surface area contributed by atoms with Crippen LogP contribution < -0.4 is 24.7 Å². The van der Waals surface area contributed by atoms with Crippen molar-refractivity contribution in [1.29, 1.82) is 5.26 Å². The molecule has 0 saturated heterocycles. The summed E-state index contributed by atoms with van der Waals surface area (Å²) in [5, 5.41) is 9.89. The van der Waals surface area contributed by atoms with Crippen molar-refractivity contribution in [1.82, 2.24) is 0 Å². The van der Waals surface area contributed by atoms with Crippen molar-refractivity contribution in [3.63, 3.8) is 0 Å². The van der Waals surface area contributed by atoms with Gasteiger partial charge in [-0.15, -0.1) is 0 Å². The fraction of sp³-hybridized carbons (Fsp3) is 0.286. The van der Waals surface area contributed by atoms with Crippen LogP contribution in [0.2, 0.25) is 0 Å². The van der Waals surface area contributed by atoms with Crippen molar-refractivity contribution in [3.05, 3.63) is 83.1 Å². The number of rotatable bonds is 10. The Morgan fingerprint density at radius 1 is 1.08 bits per heavy atom. The van der Waals surface area contributed by atoms with Crippen LogP contribution >= 0.6 is 0 Å². The average molecular weight is 489 g/mol. The molecule has 1 aliphatic heterocycles. The molecule has 1 aromatic heterocycles. The number of nitriles is 1. The average Bonchev–Trinajstić information content (AvgIpc) is 3.42. The number of carbonyl (C=O) groups excluding carboxylic acids is 1. The van der Waals surface area contributed by atoms with Gasteiger partial charge in [0.15, 0.2) is 11.5 Å². The smallest absolute Gasteiger partial charge is 0.379 e. The van der Waals surface area contributed by atoms with Crippen molar-refractivity contribution in [2.24, 2.45) is 5.73 Å². The normalized spacial score (nSPS) is 14.4. The van der Waals surface area contributed by atoms with Crippen molar-refractivity contribution in [3.8, 4) is 29.1 Å². The first-order valence-electron chi connectivity index (χ1n) is 11.9. The first-order valence-corrected chi connectivity index (χ1v) is 11.9. The summed E-state index contributed by atoms with van der Waals surface area (Å²) in [6.45, 7) is 5.11. The monoisotopic (exact) mass is 488 g/mol. The fourth-order valence-corrected chi connectivity index (χ4v) is 4.02. The Bertz CT molecular complexity index is 1290. The largest absolute Gasteiger partial charge is 0.490 e. The van der Waals surface area contributed by atoms with Gasteiger partial charge < -0.3 is 29.1 Å². The van der Waals surface area contributed by atoms with Gasteiger partial charge in [-0.3, -0.25) is 0 Å². The molecule has 1 aliphatic rings. The number of nitrogens with zero attached hydrogens (tertiary/aromatic N) is 1. The Hall–Kier alpha value is -4.38. The highest BCUT2D eigenvalue weighted by atomic mass is 16.5. The van der Waals surface area contributed by atoms with Crippen LogP contribution in [0.4, 0.5) is 0 Å². The molecular weight excluding hydrogens is 460 g/mol. The standard InChI is InChI=1S/C28H28N2O6/c1-3-5-6-13-33-22-12-9-18(15-25(22)32-4-2)26-20-11-10-19(35-28(31)23-8-7-14-34-23)16-24(20)36-27(30)21(26)17-29/h7-12,14-16,26H,3-6,13,30H2,1-2H3. The summed E-state index contributed by atoms with van der Waals surface area (Å²) in [4.78, 5) is 12.3. The third kappa shape index (κ3) is 5.31. The minimum Gasteiger partial charge on any atom is -0.490 e. The number of hydrogen-bond acceptors (Lipinski definition) is 8. The quantitative estimate of drug-likeness (QED) is 0.220. The molecule has 0 bridgehead atoms. The lowest BCUT2D eigenvalue weighted by Gasteiger charge is -2.27. The molecule has 8 nitrogen and oxygen atoms in total. The first kappa shape index (κ1) is 24.7. The van der Waals surface area contributed by atoms with Gasteiger partial charge in [-0.2, -0.15) is 5.26 Å². The van der Waals surface area contributed by atoms with E-state index < -0.39 is 11.9 Å². The molecule has 36 heavy (non-hydrogen) atoms. The molecule has 186 valence electrons. The van der Waals surface area contributed by atoms with Crippen LogP contribution in [0.1, 0.15) is 60.7 Å². The van der Waals surface area contributed by atoms with E-state index in [9.17, 15) is 10.1 Å². The molecule has 0 spiro atoms. The van der Waals surface area contributed by atoms with Crippen LogP contribution in [-0.4, -0.2) is 19.2 Å². The number of benzene rings is 2. The summed E-state index contributed by atoms with van der Waals surface area (Å²) >= 11 is 0. The van der Waals surface area contributed by atoms with E-state index in [2.05, 4.69) is 13.0 Å². The maximum absolute atomic E-state index is 12.3. The SMILES string of the molecule is CCCCCOc1ccc(C2C(C#N)=C(N)Oc3cc(OC(=O)c4ccco4)ccc32)cc1OCC. The predicted molar refractivity (Wildman–Crippen MR) is 132 cm³/mol. The molecule has 0 amide bonds. The molecule has 1 unspecified atom stereocenters. The summed E-state index contributed by atoms with van der Waals surface area (Å²) in [7, 11) is 0. The Morgan fingerprint density at radius 3 is 2.67 bits per heavy atom. The number of esters is 1. The summed E-state index contributed by atoms with van der Waals surface area (Å²) in [6, 6.07) is 15.9. The fourth-order valence-electron chi connectivity index (χ4n) is 4.02. The van der Waals surface area contributed by atoms with E-state index in [0.717, 1.165) is 24.8 Å². The van der Waals surface area contributed by atoms with Crippen LogP contribution in [0.25, 0.3) is 0 Å². The highest BCUT2D eigenvalue weighted by Gasteiger charge is 2.32. The first-order chi connectivity index (χ1) is 17.5. The zero-order valence-electron chi connectivity index (χ0n) is 20.3. The second kappa shape index (κ2) is 11.4. The van der Waals surface area contributed by atoms with Crippen molar-refractivity contribution < 1.29 is 28.2 Å². The van der Waals surface area contributed by atoms with Crippen molar-refractivity contribution in [2.45, 2.75) is 39.0 Å². The van der Waals surface area contributed by atoms with E-state index in [1.165, 1.54) is 12.3 Å². The maximum atomic E-state index is 12.3. The van der Waals surface area contributed by atoms with Crippen LogP contribution in [0, 0.1) is 11.3 Å². The lowest BCUT2D eigenvalue weighted by molar-refractivity contribution is 0.0701. The molecular formula is C28H28N2O6. The van der Waals surface area contributed by atoms with Crippen LogP contribution in [0.3, 0.4) is 0 Å². The van der Waals surface area contributed by atoms with Gasteiger partial charge in [0.05, 0.1) is 25.4 Å². The van der Waals surface area contributed by atoms with Gasteiger partial charge in [-0.1, -0.05) is 31.9 Å². The zero-order chi connectivity index (χ0) is 25.5. The third-order valence-corrected chi connectivity index (χ3v) is 5.73. The molecule has 0 fully saturated rings. The molecule has 2 aromatic carbocycles. The number of hydrogen-bond donors (Lipinski definition) is 1. The number of allylic oxidation sites excluding steroid dienone is 1. The molecule has 2 heterocycles. The van der Waals surface area contributed by atoms with Gasteiger partial charge in [-0.25, -0.2) is 4.79 Å². The summed E-state index contributed by atoms with van der Waals surface area (Å²) in [5.41, 5.74) is 7.92. The van der Waals surface area contributed by atoms with Gasteiger partial charge >= 0.3 is 5.97 Å². The molecule has 1 atom stereocenters. The minimum atomic E-state index is -0.635. The lowest BCUT2D eigenvalue weighted by atomic mass is 9.83. The molecule has 0 saturated carbocycles. The van der Waals surface area contributed by atoms with E-state index in [-0.39, 0.29) is 23.0 Å². The number of carbonyl (C=O) groups is 1. The maximum Gasteiger partial charge on any atom is 0.379 e. The van der Waals surface area contributed by atoms with E-state index in [1.807, 2.05) is 25.1 Å². The molecule has 0 radical (unpaired) electrons. The van der Waals surface area contributed by atoms with Gasteiger partial charge in [0.2, 0.25) is 11.6 Å². The Labute approximate surface area is 209 Å². The van der Waals surface area contributed by atoms with Gasteiger partial charge in [0, 0.05) is 11.6 Å². The molecule has 4 rings (SSSR count). The van der Waals surface area contributed by atoms with Crippen LogP contribution in [0.15, 0.2) is 70.7 Å². The predicted octanol–water partition coefficient (Wildman–Crippen LogP) is 5.68. The second-order valence-corrected chi connectivity index (χ2v) is 8.19. The summed E-state index contributed by atoms with van der Waals surface area (Å²) < 4.78 is 28.0. The van der Waals surface area contributed by atoms with Crippen molar-refractivity contribution >= 4 is 5.97 Å². The molecule has 0 aliphatic carbocycles. The lowest BCUT2D eigenvalue weighted by Crippen LogP contribution is -2.21. The Balaban J connectivity index is 1.66. The number of nitrogens with two attached hydrogens (primary N) is 1. The van der Waals surface area contributed by atoms with E-state index in [0.29, 0.717) is 36.0 Å². The minimum absolute atomic E-state index is 0.0117. The third-order valence-electron chi connectivity index (χ3n) is 5.73. The Morgan fingerprint density at radius 2 is 1.94 bits per heavy atom. The second-order valence-electron chi connectivity index (χ2n) is 8.19. The highest BCUT2D eigenvalue weighted by molar-refractivity contribution is 5.88. The van der Waals surface area contributed by atoms with Crippen LogP contribution in [-0.2, 0) is 0 Å². The number of ether oxygens (including phenoxy) is 4.